The van der Waals surface area contributed by atoms with E-state index >= 15 is 0 Å². The molecule has 0 fully saturated rings. The van der Waals surface area contributed by atoms with Crippen LogP contribution in [0.2, 0.25) is 0 Å². The lowest BCUT2D eigenvalue weighted by molar-refractivity contribution is 0.673. The van der Waals surface area contributed by atoms with Crippen LogP contribution in [-0.2, 0) is 6.42 Å². The fourth-order valence-corrected chi connectivity index (χ4v) is 8.16. The minimum Gasteiger partial charge on any atom is -0.455 e. The molecule has 1 heterocycles. The first-order chi connectivity index (χ1) is 26.3. The van der Waals surface area contributed by atoms with Crippen molar-refractivity contribution in [1.29, 1.82) is 0 Å². The van der Waals surface area contributed by atoms with Crippen LogP contribution >= 0.6 is 0 Å². The number of furan rings is 1. The lowest BCUT2D eigenvalue weighted by atomic mass is 9.84. The zero-order chi connectivity index (χ0) is 35.1. The van der Waals surface area contributed by atoms with E-state index in [4.69, 9.17) is 4.42 Å². The molecule has 0 saturated heterocycles. The maximum atomic E-state index is 6.58. The van der Waals surface area contributed by atoms with Crippen molar-refractivity contribution in [3.05, 3.63) is 217 Å². The van der Waals surface area contributed by atoms with Crippen LogP contribution in [0.5, 0.6) is 0 Å². The van der Waals surface area contributed by atoms with Gasteiger partial charge in [-0.2, -0.15) is 0 Å². The van der Waals surface area contributed by atoms with Gasteiger partial charge in [0.2, 0.25) is 0 Å². The van der Waals surface area contributed by atoms with Gasteiger partial charge in [-0.15, -0.1) is 0 Å². The van der Waals surface area contributed by atoms with Crippen molar-refractivity contribution >= 4 is 43.5 Å². The molecule has 0 unspecified atom stereocenters. The lowest BCUT2D eigenvalue weighted by Crippen LogP contribution is -2.05. The molecule has 9 aromatic carbocycles. The van der Waals surface area contributed by atoms with Gasteiger partial charge in [0.15, 0.2) is 0 Å². The van der Waals surface area contributed by atoms with E-state index in [0.29, 0.717) is 0 Å². The van der Waals surface area contributed by atoms with Crippen LogP contribution in [0.3, 0.4) is 0 Å². The predicted octanol–water partition coefficient (Wildman–Crippen LogP) is 14.3. The van der Waals surface area contributed by atoms with Crippen LogP contribution in [0.25, 0.3) is 76.9 Å². The largest absolute Gasteiger partial charge is 0.455 e. The Morgan fingerprint density at radius 2 is 0.774 bits per heavy atom. The smallest absolute Gasteiger partial charge is 0.143 e. The van der Waals surface area contributed by atoms with Crippen LogP contribution < -0.4 is 0 Å². The molecule has 0 radical (unpaired) electrons. The first-order valence-corrected chi connectivity index (χ1v) is 18.4. The standard InChI is InChI=1S/C52H36O/c1-3-11-36(12-4-1)38-23-27-41(28-24-38)48(42-29-25-39(26-30-42)37-13-5-2-6-14-37)33-35-19-21-40(22-20-35)43-31-32-50-49(34-43)51-46-17-9-7-15-44(46)45-16-8-10-18-47(45)52(51)53-50/h1-32,34,48H,33H2. The molecule has 53 heavy (non-hydrogen) atoms. The summed E-state index contributed by atoms with van der Waals surface area (Å²) in [7, 11) is 0. The van der Waals surface area contributed by atoms with Crippen molar-refractivity contribution < 1.29 is 4.42 Å². The van der Waals surface area contributed by atoms with Crippen LogP contribution in [0, 0.1) is 0 Å². The normalized spacial score (nSPS) is 11.6. The summed E-state index contributed by atoms with van der Waals surface area (Å²) in [5.74, 6) is 0.215. The van der Waals surface area contributed by atoms with E-state index in [1.807, 2.05) is 0 Å². The van der Waals surface area contributed by atoms with Gasteiger partial charge in [0, 0.05) is 22.1 Å². The Hall–Kier alpha value is -6.70. The second-order valence-electron chi connectivity index (χ2n) is 14.0. The van der Waals surface area contributed by atoms with Gasteiger partial charge in [0.25, 0.3) is 0 Å². The van der Waals surface area contributed by atoms with Crippen LogP contribution in [-0.4, -0.2) is 0 Å². The third kappa shape index (κ3) is 5.68. The van der Waals surface area contributed by atoms with Gasteiger partial charge in [-0.25, -0.2) is 0 Å². The van der Waals surface area contributed by atoms with Gasteiger partial charge < -0.3 is 4.42 Å². The molecule has 0 bridgehead atoms. The minimum absolute atomic E-state index is 0.215. The summed E-state index contributed by atoms with van der Waals surface area (Å²) in [4.78, 5) is 0. The molecule has 0 spiro atoms. The average Bonchev–Trinajstić information content (AvgIpc) is 3.64. The van der Waals surface area contributed by atoms with Gasteiger partial charge in [-0.3, -0.25) is 0 Å². The Bertz CT molecular complexity index is 2780. The third-order valence-electron chi connectivity index (χ3n) is 10.9. The maximum Gasteiger partial charge on any atom is 0.143 e. The summed E-state index contributed by atoms with van der Waals surface area (Å²) < 4.78 is 6.58. The molecular weight excluding hydrogens is 641 g/mol. The number of benzene rings is 9. The first-order valence-electron chi connectivity index (χ1n) is 18.4. The SMILES string of the molecule is c1ccc(-c2ccc(C(Cc3ccc(-c4ccc5oc6c7ccccc7c7ccccc7c6c5c4)cc3)c3ccc(-c4ccccc4)cc3)cc2)cc1. The monoisotopic (exact) mass is 676 g/mol. The van der Waals surface area contributed by atoms with Gasteiger partial charge in [0.1, 0.15) is 11.2 Å². The summed E-state index contributed by atoms with van der Waals surface area (Å²) in [6.07, 6.45) is 0.903. The number of hydrogen-bond acceptors (Lipinski definition) is 1. The Labute approximate surface area is 309 Å². The molecule has 1 nitrogen and oxygen atoms in total. The van der Waals surface area contributed by atoms with Gasteiger partial charge in [-0.05, 0) is 84.8 Å². The Balaban J connectivity index is 1.00. The molecule has 1 heteroatoms. The third-order valence-corrected chi connectivity index (χ3v) is 10.9. The van der Waals surface area contributed by atoms with E-state index in [1.54, 1.807) is 0 Å². The highest BCUT2D eigenvalue weighted by atomic mass is 16.3. The lowest BCUT2D eigenvalue weighted by Gasteiger charge is -2.20. The molecule has 0 aliphatic rings. The van der Waals surface area contributed by atoms with Crippen molar-refractivity contribution in [3.63, 3.8) is 0 Å². The highest BCUT2D eigenvalue weighted by Crippen LogP contribution is 2.42. The quantitative estimate of drug-likeness (QED) is 0.153. The molecule has 0 saturated carbocycles. The van der Waals surface area contributed by atoms with Crippen LogP contribution in [0.15, 0.2) is 205 Å². The average molecular weight is 677 g/mol. The fourth-order valence-electron chi connectivity index (χ4n) is 8.16. The molecule has 0 amide bonds. The molecule has 0 N–H and O–H groups in total. The number of rotatable bonds is 7. The van der Waals surface area contributed by atoms with Gasteiger partial charge >= 0.3 is 0 Å². The predicted molar refractivity (Wildman–Crippen MR) is 223 cm³/mol. The van der Waals surface area contributed by atoms with Crippen molar-refractivity contribution in [1.82, 2.24) is 0 Å². The van der Waals surface area contributed by atoms with Crippen molar-refractivity contribution in [2.45, 2.75) is 12.3 Å². The second kappa shape index (κ2) is 13.1. The van der Waals surface area contributed by atoms with Crippen LogP contribution in [0.1, 0.15) is 22.6 Å². The summed E-state index contributed by atoms with van der Waals surface area (Å²) in [5, 5.41) is 7.21. The molecular formula is C52H36O. The molecule has 0 atom stereocenters. The van der Waals surface area contributed by atoms with E-state index in [2.05, 4.69) is 200 Å². The Morgan fingerprint density at radius 1 is 0.340 bits per heavy atom. The van der Waals surface area contributed by atoms with Gasteiger partial charge in [-0.1, -0.05) is 188 Å². The van der Waals surface area contributed by atoms with Crippen molar-refractivity contribution in [2.24, 2.45) is 0 Å². The zero-order valence-corrected chi connectivity index (χ0v) is 29.2. The Morgan fingerprint density at radius 3 is 1.36 bits per heavy atom. The molecule has 0 aliphatic carbocycles. The van der Waals surface area contributed by atoms with Crippen LogP contribution in [0.4, 0.5) is 0 Å². The van der Waals surface area contributed by atoms with E-state index < -0.39 is 0 Å². The summed E-state index contributed by atoms with van der Waals surface area (Å²) in [6.45, 7) is 0. The van der Waals surface area contributed by atoms with Crippen molar-refractivity contribution in [2.75, 3.05) is 0 Å². The molecule has 10 rings (SSSR count). The molecule has 10 aromatic rings. The van der Waals surface area contributed by atoms with Crippen molar-refractivity contribution in [3.8, 4) is 33.4 Å². The highest BCUT2D eigenvalue weighted by molar-refractivity contribution is 6.30. The molecule has 0 aliphatic heterocycles. The summed E-state index contributed by atoms with van der Waals surface area (Å²) in [5.41, 5.74) is 13.2. The molecule has 1 aromatic heterocycles. The van der Waals surface area contributed by atoms with E-state index in [-0.39, 0.29) is 5.92 Å². The van der Waals surface area contributed by atoms with E-state index in [1.165, 1.54) is 71.6 Å². The number of hydrogen-bond donors (Lipinski definition) is 0. The molecule has 250 valence electrons. The Kier molecular flexibility index (Phi) is 7.69. The van der Waals surface area contributed by atoms with E-state index in [9.17, 15) is 0 Å². The highest BCUT2D eigenvalue weighted by Gasteiger charge is 2.18. The second-order valence-corrected chi connectivity index (χ2v) is 14.0. The maximum absolute atomic E-state index is 6.58. The zero-order valence-electron chi connectivity index (χ0n) is 29.2. The summed E-state index contributed by atoms with van der Waals surface area (Å²) >= 11 is 0. The first kappa shape index (κ1) is 31.1. The van der Waals surface area contributed by atoms with E-state index in [0.717, 1.165) is 28.4 Å². The van der Waals surface area contributed by atoms with Gasteiger partial charge in [0.05, 0.1) is 0 Å². The topological polar surface area (TPSA) is 13.1 Å². The summed E-state index contributed by atoms with van der Waals surface area (Å²) in [6, 6.07) is 72.6. The number of fused-ring (bicyclic) bond motifs is 8. The fraction of sp³-hybridized carbons (Fsp3) is 0.0385. The minimum atomic E-state index is 0.215.